The van der Waals surface area contributed by atoms with Crippen LogP contribution < -0.4 is 5.73 Å². The highest BCUT2D eigenvalue weighted by Gasteiger charge is 2.13. The first-order chi connectivity index (χ1) is 7.74. The van der Waals surface area contributed by atoms with Crippen molar-refractivity contribution >= 4 is 28.3 Å². The van der Waals surface area contributed by atoms with Crippen LogP contribution in [-0.4, -0.2) is 14.6 Å². The smallest absolute Gasteiger partial charge is 0.241 e. The fourth-order valence-corrected chi connectivity index (χ4v) is 2.05. The summed E-state index contributed by atoms with van der Waals surface area (Å²) in [6.07, 6.45) is 0. The van der Waals surface area contributed by atoms with E-state index >= 15 is 0 Å². The molecule has 2 aromatic heterocycles. The number of nitrogens with two attached hydrogens (primary N) is 1. The Hall–Kier alpha value is -1.95. The van der Waals surface area contributed by atoms with E-state index in [1.54, 1.807) is 12.1 Å². The maximum absolute atomic E-state index is 5.67. The number of nitrogens with zero attached hydrogens (tertiary/aromatic N) is 3. The summed E-state index contributed by atoms with van der Waals surface area (Å²) >= 11 is 1.27. The molecule has 5 nitrogen and oxygen atoms in total. The van der Waals surface area contributed by atoms with Crippen LogP contribution in [0, 0.1) is 6.92 Å². The number of oxazole rings is 1. The predicted octanol–water partition coefficient (Wildman–Crippen LogP) is 2.24. The van der Waals surface area contributed by atoms with Crippen molar-refractivity contribution in [2.45, 2.75) is 6.92 Å². The Morgan fingerprint density at radius 3 is 3.00 bits per heavy atom. The van der Waals surface area contributed by atoms with Crippen LogP contribution in [0.15, 0.2) is 22.6 Å². The van der Waals surface area contributed by atoms with Gasteiger partial charge in [-0.25, -0.2) is 4.98 Å². The van der Waals surface area contributed by atoms with E-state index < -0.39 is 0 Å². The Balaban J connectivity index is 2.23. The number of fused-ring (bicyclic) bond motifs is 1. The van der Waals surface area contributed by atoms with Crippen molar-refractivity contribution in [3.05, 3.63) is 23.9 Å². The van der Waals surface area contributed by atoms with E-state index in [2.05, 4.69) is 14.6 Å². The van der Waals surface area contributed by atoms with Gasteiger partial charge in [0, 0.05) is 11.8 Å². The van der Waals surface area contributed by atoms with Crippen molar-refractivity contribution < 1.29 is 4.42 Å². The van der Waals surface area contributed by atoms with Crippen LogP contribution in [0.25, 0.3) is 21.9 Å². The summed E-state index contributed by atoms with van der Waals surface area (Å²) in [5, 5.41) is 3.92. The largest absolute Gasteiger partial charge is 0.435 e. The summed E-state index contributed by atoms with van der Waals surface area (Å²) < 4.78 is 9.47. The first-order valence-electron chi connectivity index (χ1n) is 4.69. The van der Waals surface area contributed by atoms with E-state index in [0.717, 1.165) is 16.1 Å². The van der Waals surface area contributed by atoms with E-state index in [4.69, 9.17) is 10.2 Å². The van der Waals surface area contributed by atoms with E-state index in [-0.39, 0.29) is 0 Å². The zero-order valence-electron chi connectivity index (χ0n) is 8.47. The molecule has 0 aliphatic rings. The first kappa shape index (κ1) is 9.29. The molecule has 3 aromatic rings. The lowest BCUT2D eigenvalue weighted by Gasteiger charge is -1.88. The number of aryl methyl sites for hydroxylation is 1. The van der Waals surface area contributed by atoms with Crippen LogP contribution in [0.5, 0.6) is 0 Å². The number of nitrogen functional groups attached to an aromatic ring is 1. The molecule has 0 unspecified atom stereocenters. The lowest BCUT2D eigenvalue weighted by atomic mass is 10.3. The van der Waals surface area contributed by atoms with Crippen molar-refractivity contribution in [2.75, 3.05) is 5.73 Å². The zero-order valence-corrected chi connectivity index (χ0v) is 9.28. The quantitative estimate of drug-likeness (QED) is 0.651. The molecule has 0 atom stereocenters. The van der Waals surface area contributed by atoms with Gasteiger partial charge in [0.05, 0.1) is 5.69 Å². The molecule has 6 heteroatoms. The van der Waals surface area contributed by atoms with E-state index in [1.165, 1.54) is 11.5 Å². The van der Waals surface area contributed by atoms with Gasteiger partial charge in [0.25, 0.3) is 0 Å². The Bertz CT molecular complexity index is 658. The molecule has 0 fully saturated rings. The summed E-state index contributed by atoms with van der Waals surface area (Å²) in [6.45, 7) is 1.88. The third kappa shape index (κ3) is 1.35. The molecule has 3 rings (SSSR count). The molecule has 0 aliphatic heterocycles. The molecule has 1 aromatic carbocycles. The second kappa shape index (κ2) is 3.28. The van der Waals surface area contributed by atoms with Crippen LogP contribution in [0.1, 0.15) is 5.69 Å². The summed E-state index contributed by atoms with van der Waals surface area (Å²) in [6, 6.07) is 5.39. The van der Waals surface area contributed by atoms with Gasteiger partial charge in [-0.05, 0) is 30.6 Å². The van der Waals surface area contributed by atoms with E-state index in [0.29, 0.717) is 17.2 Å². The maximum atomic E-state index is 5.67. The van der Waals surface area contributed by atoms with Crippen LogP contribution in [-0.2, 0) is 0 Å². The molecule has 0 radical (unpaired) electrons. The molecule has 2 heterocycles. The molecule has 0 saturated carbocycles. The number of aromatic nitrogens is 3. The van der Waals surface area contributed by atoms with Crippen molar-refractivity contribution in [1.82, 2.24) is 14.6 Å². The van der Waals surface area contributed by atoms with Crippen LogP contribution in [0.4, 0.5) is 5.69 Å². The molecule has 16 heavy (non-hydrogen) atoms. The highest BCUT2D eigenvalue weighted by atomic mass is 32.1. The topological polar surface area (TPSA) is 77.8 Å². The zero-order chi connectivity index (χ0) is 11.1. The normalized spacial score (nSPS) is 11.1. The van der Waals surface area contributed by atoms with E-state index in [9.17, 15) is 0 Å². The molecule has 80 valence electrons. The fourth-order valence-electron chi connectivity index (χ4n) is 1.47. The van der Waals surface area contributed by atoms with Gasteiger partial charge in [-0.2, -0.15) is 0 Å². The standard InChI is InChI=1S/C10H8N4OS/c1-5-9(16-14-13-5)10-12-7-3-2-6(11)4-8(7)15-10/h2-4H,11H2,1H3. The summed E-state index contributed by atoms with van der Waals surface area (Å²) in [4.78, 5) is 5.22. The van der Waals surface area contributed by atoms with Gasteiger partial charge in [0.15, 0.2) is 5.58 Å². The highest BCUT2D eigenvalue weighted by molar-refractivity contribution is 7.09. The van der Waals surface area contributed by atoms with Gasteiger partial charge in [0.1, 0.15) is 10.4 Å². The van der Waals surface area contributed by atoms with Crippen LogP contribution >= 0.6 is 11.5 Å². The average molecular weight is 232 g/mol. The fraction of sp³-hybridized carbons (Fsp3) is 0.100. The SMILES string of the molecule is Cc1nnsc1-c1nc2ccc(N)cc2o1. The van der Waals surface area contributed by atoms with Crippen molar-refractivity contribution in [2.24, 2.45) is 0 Å². The lowest BCUT2D eigenvalue weighted by Crippen LogP contribution is -1.81. The minimum Gasteiger partial charge on any atom is -0.435 e. The van der Waals surface area contributed by atoms with Gasteiger partial charge in [-0.15, -0.1) is 5.10 Å². The molecule has 0 bridgehead atoms. The predicted molar refractivity (Wildman–Crippen MR) is 62.1 cm³/mol. The number of anilines is 1. The summed E-state index contributed by atoms with van der Waals surface area (Å²) in [7, 11) is 0. The lowest BCUT2D eigenvalue weighted by molar-refractivity contribution is 0.621. The van der Waals surface area contributed by atoms with Crippen LogP contribution in [0.3, 0.4) is 0 Å². The molecule has 2 N–H and O–H groups in total. The molecule has 0 aliphatic carbocycles. The van der Waals surface area contributed by atoms with Gasteiger partial charge in [-0.3, -0.25) is 0 Å². The Morgan fingerprint density at radius 2 is 2.25 bits per heavy atom. The van der Waals surface area contributed by atoms with Gasteiger partial charge >= 0.3 is 0 Å². The highest BCUT2D eigenvalue weighted by Crippen LogP contribution is 2.28. The molecule has 0 amide bonds. The molecular weight excluding hydrogens is 224 g/mol. The minimum atomic E-state index is 0.549. The Kier molecular flexibility index (Phi) is 1.90. The van der Waals surface area contributed by atoms with Gasteiger partial charge < -0.3 is 10.2 Å². The van der Waals surface area contributed by atoms with Crippen molar-refractivity contribution in [1.29, 1.82) is 0 Å². The maximum Gasteiger partial charge on any atom is 0.241 e. The van der Waals surface area contributed by atoms with Gasteiger partial charge in [-0.1, -0.05) is 4.49 Å². The number of hydrogen-bond acceptors (Lipinski definition) is 6. The molecule has 0 saturated heterocycles. The number of rotatable bonds is 1. The second-order valence-electron chi connectivity index (χ2n) is 3.43. The van der Waals surface area contributed by atoms with Crippen molar-refractivity contribution in [3.63, 3.8) is 0 Å². The van der Waals surface area contributed by atoms with Gasteiger partial charge in [0.2, 0.25) is 5.89 Å². The van der Waals surface area contributed by atoms with Crippen LogP contribution in [0.2, 0.25) is 0 Å². The van der Waals surface area contributed by atoms with E-state index in [1.807, 2.05) is 13.0 Å². The Morgan fingerprint density at radius 1 is 1.38 bits per heavy atom. The monoisotopic (exact) mass is 232 g/mol. The third-order valence-electron chi connectivity index (χ3n) is 2.26. The second-order valence-corrected chi connectivity index (χ2v) is 4.19. The van der Waals surface area contributed by atoms with Crippen molar-refractivity contribution in [3.8, 4) is 10.8 Å². The summed E-state index contributed by atoms with van der Waals surface area (Å²) in [5.74, 6) is 0.549. The molecule has 0 spiro atoms. The molecular formula is C10H8N4OS. The average Bonchev–Trinajstić information content (AvgIpc) is 2.82. The summed E-state index contributed by atoms with van der Waals surface area (Å²) in [5.41, 5.74) is 8.63. The first-order valence-corrected chi connectivity index (χ1v) is 5.47. The number of benzene rings is 1. The third-order valence-corrected chi connectivity index (χ3v) is 3.07. The minimum absolute atomic E-state index is 0.549. The number of hydrogen-bond donors (Lipinski definition) is 1. The Labute approximate surface area is 95.1 Å².